The van der Waals surface area contributed by atoms with Crippen LogP contribution in [0.1, 0.15) is 170 Å². The summed E-state index contributed by atoms with van der Waals surface area (Å²) < 4.78 is 29.9. The number of aliphatic hydroxyl groups is 4. The van der Waals surface area contributed by atoms with E-state index in [1.807, 2.05) is 62.8 Å². The fourth-order valence-corrected chi connectivity index (χ4v) is 21.0. The van der Waals surface area contributed by atoms with E-state index >= 15 is 4.39 Å². The van der Waals surface area contributed by atoms with Gasteiger partial charge in [-0.05, 0) is 190 Å². The molecule has 0 spiro atoms. The number of benzene rings is 3. The molecule has 8 aliphatic carbocycles. The molecule has 0 aliphatic heterocycles. The molecule has 14 nitrogen and oxygen atoms in total. The van der Waals surface area contributed by atoms with Crippen molar-refractivity contribution < 1.29 is 92.9 Å². The molecule has 0 saturated heterocycles. The number of hydrogen-bond acceptors (Lipinski definition) is 13. The number of ether oxygens (including phenoxy) is 2. The van der Waals surface area contributed by atoms with Gasteiger partial charge in [0.15, 0.2) is 18.1 Å². The van der Waals surface area contributed by atoms with E-state index in [0.29, 0.717) is 62.0 Å². The molecule has 18 atom stereocenters. The summed E-state index contributed by atoms with van der Waals surface area (Å²) in [5, 5.41) is 58.7. The van der Waals surface area contributed by atoms with Crippen LogP contribution in [-0.2, 0) is 39.0 Å². The molecule has 12 rings (SSSR count). The van der Waals surface area contributed by atoms with Gasteiger partial charge >= 0.3 is 41.5 Å². The van der Waals surface area contributed by atoms with Crippen molar-refractivity contribution in [3.63, 3.8) is 0 Å². The van der Waals surface area contributed by atoms with Crippen LogP contribution in [0, 0.1) is 68.5 Å². The molecule has 4 N–H and O–H groups in total. The second-order valence-electron chi connectivity index (χ2n) is 29.9. The number of carboxylic acid groups (broad SMARTS) is 1. The number of aliphatic carboxylic acids is 1. The van der Waals surface area contributed by atoms with Crippen molar-refractivity contribution in [2.45, 2.75) is 194 Å². The summed E-state index contributed by atoms with van der Waals surface area (Å²) in [4.78, 5) is 65.2. The Morgan fingerprint density at radius 3 is 2.02 bits per heavy atom. The van der Waals surface area contributed by atoms with Gasteiger partial charge in [0.25, 0.3) is 0 Å². The van der Waals surface area contributed by atoms with Crippen molar-refractivity contribution in [1.29, 1.82) is 0 Å². The van der Waals surface area contributed by atoms with Crippen molar-refractivity contribution in [3.8, 4) is 0 Å². The minimum atomic E-state index is -2.01. The predicted octanol–water partition coefficient (Wildman–Crippen LogP) is 9.18. The van der Waals surface area contributed by atoms with E-state index in [9.17, 15) is 49.5 Å². The number of aliphatic hydroxyl groups excluding tert-OH is 3. The summed E-state index contributed by atoms with van der Waals surface area (Å²) in [6, 6.07) is 28.8. The summed E-state index contributed by atoms with van der Waals surface area (Å²) in [5.74, 6) is -4.06. The zero-order chi connectivity index (χ0) is 67.6. The molecule has 1 aromatic heterocycles. The zero-order valence-corrected chi connectivity index (χ0v) is 59.6. The van der Waals surface area contributed by atoms with Crippen molar-refractivity contribution in [2.24, 2.45) is 68.5 Å². The van der Waals surface area contributed by atoms with Gasteiger partial charge in [0.2, 0.25) is 5.78 Å². The molecule has 0 unspecified atom stereocenters. The molecule has 7 fully saturated rings. The Hall–Kier alpha value is -5.36. The van der Waals surface area contributed by atoms with Crippen LogP contribution in [0.5, 0.6) is 0 Å². The van der Waals surface area contributed by atoms with E-state index in [1.54, 1.807) is 33.0 Å². The molecular weight excluding hydrogens is 1220 g/mol. The summed E-state index contributed by atoms with van der Waals surface area (Å²) in [7, 11) is 0. The number of rotatable bonds is 12. The molecule has 4 aromatic rings. The Morgan fingerprint density at radius 1 is 0.798 bits per heavy atom. The summed E-state index contributed by atoms with van der Waals surface area (Å²) >= 11 is 6.69. The van der Waals surface area contributed by atoms with Crippen LogP contribution in [0.15, 0.2) is 150 Å². The van der Waals surface area contributed by atoms with Crippen molar-refractivity contribution in [2.75, 3.05) is 6.61 Å². The first kappa shape index (κ1) is 72.9. The minimum Gasteiger partial charge on any atom is -0.545 e. The normalized spacial score (nSPS) is 37.2. The average Bonchev–Trinajstić information content (AvgIpc) is 1.34. The van der Waals surface area contributed by atoms with Crippen LogP contribution in [0.25, 0.3) is 0 Å². The molecule has 1 heterocycles. The number of alkyl halides is 1. The maximum Gasteiger partial charge on any atom is 1.00 e. The average molecular weight is 1320 g/mol. The topological polar surface area (TPSA) is 226 Å². The zero-order valence-electron chi connectivity index (χ0n) is 56.9. The molecule has 7 saturated carbocycles. The largest absolute Gasteiger partial charge is 1.00 e. The van der Waals surface area contributed by atoms with Crippen molar-refractivity contribution in [3.05, 3.63) is 172 Å². The SMILES string of the molecule is CC(=O)OCC(=O)[C@@]1(O)[C@H](C)C[C@H]2[C@@H]3CCC4=CC(=O)C=C[C@]4(C)[C@@]3(F)[C@@H](O)C[C@@]21C.CC(=O)O[C@H]1C[C@@]2(C)[C@@H](C[C@@H](O)[C@H]3[C@@]4(C)CC[C@@H](O)[C@@H](C)[C@@H]4CC[C@@]32C)/C1=C(\CCC=C(C)C)C(=O)[O-].Clc1ccccc1C(c1ccccc1)(c1ccccc1)n1ccnc1.[Na+]. The third kappa shape index (κ3) is 11.8. The second-order valence-corrected chi connectivity index (χ2v) is 30.3. The van der Waals surface area contributed by atoms with Gasteiger partial charge in [0.05, 0.1) is 30.6 Å². The van der Waals surface area contributed by atoms with Gasteiger partial charge in [-0.1, -0.05) is 155 Å². The first-order valence-electron chi connectivity index (χ1n) is 33.5. The standard InChI is InChI=1S/C31H48O6.C24H31FO6.C22H17ClN2.Na/c1-17(2)9-8-10-20(28(35)36)26-22-15-24(34)27-29(5)13-12-23(33)18(3)21(29)11-14-30(27,6)31(22,7)16-25(26)37-19(4)32;1-13-9-18-17-6-5-15-10-16(27)7-8-21(15,3)23(17,25)19(28)11-22(18,4)24(13,30)20(29)12-31-14(2)26;23-21-14-8-7-13-20(21)22(25-16-15-24-17-25,18-9-3-1-4-10-18)19-11-5-2-6-12-19;/h9,18,21-25,27,33-34H,8,10-16H2,1-7H3,(H,35,36);7-8,10,13,17-19,28,30H,5-6,9,11-12H2,1-4H3;1-17H;/q;;;+1/p-1/b26-20-;;;/t18-,21-,22-,23+,24+,25-,27-,29-,30-,31-;13-,17+,18+,19+,21+,22+,23+,24+;;/m01../s1. The third-order valence-electron chi connectivity index (χ3n) is 25.1. The van der Waals surface area contributed by atoms with Crippen LogP contribution in [0.4, 0.5) is 4.39 Å². The molecule has 17 heteroatoms. The monoisotopic (exact) mass is 1320 g/mol. The number of ketones is 2. The van der Waals surface area contributed by atoms with Crippen LogP contribution < -0.4 is 34.7 Å². The second kappa shape index (κ2) is 27.5. The summed E-state index contributed by atoms with van der Waals surface area (Å²) in [6.45, 7) is 20.3. The Kier molecular flexibility index (Phi) is 21.3. The van der Waals surface area contributed by atoms with Gasteiger partial charge in [0, 0.05) is 53.6 Å². The van der Waals surface area contributed by atoms with E-state index in [1.165, 1.54) is 26.0 Å². The minimum absolute atomic E-state index is 0. The van der Waals surface area contributed by atoms with E-state index < -0.39 is 88.1 Å². The van der Waals surface area contributed by atoms with E-state index in [2.05, 4.69) is 91.8 Å². The van der Waals surface area contributed by atoms with Crippen LogP contribution in [0.2, 0.25) is 5.02 Å². The quantitative estimate of drug-likeness (QED) is 0.0342. The molecule has 8 aliphatic rings. The number of aromatic nitrogens is 2. The number of carbonyl (C=O) groups excluding carboxylic acids is 5. The number of imidazole rings is 1. The fourth-order valence-electron chi connectivity index (χ4n) is 20.7. The molecular formula is C77H95ClFN2NaO12. The maximum atomic E-state index is 17.0. The van der Waals surface area contributed by atoms with E-state index in [0.717, 1.165) is 53.0 Å². The smallest absolute Gasteiger partial charge is 0.545 e. The van der Waals surface area contributed by atoms with Crippen LogP contribution in [0.3, 0.4) is 0 Å². The maximum absolute atomic E-state index is 17.0. The first-order valence-corrected chi connectivity index (χ1v) is 33.9. The number of Topliss-reactive ketones (excluding diaryl/α,β-unsaturated/α-hetero) is 1. The van der Waals surface area contributed by atoms with Gasteiger partial charge in [-0.25, -0.2) is 9.37 Å². The Balaban J connectivity index is 0.000000168. The molecule has 94 heavy (non-hydrogen) atoms. The first-order chi connectivity index (χ1) is 43.8. The number of esters is 2. The van der Waals surface area contributed by atoms with Crippen LogP contribution >= 0.6 is 11.6 Å². The summed E-state index contributed by atoms with van der Waals surface area (Å²) in [5.41, 5.74) is -1.31. The number of fused-ring (bicyclic) bond motifs is 10. The number of carbonyl (C=O) groups is 5. The fraction of sp³-hybridized carbons (Fsp3) is 0.558. The molecule has 0 bridgehead atoms. The Bertz CT molecular complexity index is 3570. The van der Waals surface area contributed by atoms with Gasteiger partial charge in [-0.2, -0.15) is 0 Å². The van der Waals surface area contributed by atoms with E-state index in [4.69, 9.17) is 21.1 Å². The number of halogens is 2. The van der Waals surface area contributed by atoms with Crippen molar-refractivity contribution in [1.82, 2.24) is 9.55 Å². The Morgan fingerprint density at radius 2 is 1.44 bits per heavy atom. The number of carboxylic acids is 1. The van der Waals surface area contributed by atoms with E-state index in [-0.39, 0.29) is 93.4 Å². The van der Waals surface area contributed by atoms with Gasteiger partial charge < -0.3 is 44.4 Å². The Labute approximate surface area is 581 Å². The van der Waals surface area contributed by atoms with Gasteiger partial charge in [0.1, 0.15) is 17.2 Å². The van der Waals surface area contributed by atoms with Gasteiger partial charge in [-0.15, -0.1) is 0 Å². The van der Waals surface area contributed by atoms with Crippen LogP contribution in [-0.4, -0.2) is 102 Å². The van der Waals surface area contributed by atoms with Crippen molar-refractivity contribution >= 4 is 41.1 Å². The predicted molar refractivity (Wildman–Crippen MR) is 351 cm³/mol. The third-order valence-corrected chi connectivity index (χ3v) is 25.5. The van der Waals surface area contributed by atoms with Gasteiger partial charge in [-0.3, -0.25) is 19.2 Å². The number of nitrogens with zero attached hydrogens (tertiary/aromatic N) is 2. The number of allylic oxidation sites excluding steroid dienone is 6. The molecule has 3 aromatic carbocycles. The summed E-state index contributed by atoms with van der Waals surface area (Å²) in [6.07, 6.45) is 15.9. The molecule has 0 radical (unpaired) electrons. The molecule has 0 amide bonds. The number of hydrogen-bond donors (Lipinski definition) is 4. The molecule has 500 valence electrons.